The monoisotopic (exact) mass is 168 g/mol. The molecule has 2 heteroatoms. The minimum absolute atomic E-state index is 0.328. The standard InChI is InChI=1S/C10H16O2/c1-4-9-6-10(9)11-7(2)5-8(3)12-10/h6-8H,4-5H2,1-3H3/t7-,8-/m1/s1. The van der Waals surface area contributed by atoms with Crippen LogP contribution in [0.5, 0.6) is 0 Å². The van der Waals surface area contributed by atoms with Crippen LogP contribution < -0.4 is 0 Å². The highest BCUT2D eigenvalue weighted by molar-refractivity contribution is 5.39. The van der Waals surface area contributed by atoms with Gasteiger partial charge in [0.05, 0.1) is 12.2 Å². The Kier molecular flexibility index (Phi) is 1.77. The Morgan fingerprint density at radius 2 is 2.00 bits per heavy atom. The predicted molar refractivity (Wildman–Crippen MR) is 46.8 cm³/mol. The minimum atomic E-state index is -0.369. The van der Waals surface area contributed by atoms with Crippen LogP contribution in [-0.2, 0) is 9.47 Å². The van der Waals surface area contributed by atoms with E-state index in [0.29, 0.717) is 12.2 Å². The molecule has 0 aromatic heterocycles. The predicted octanol–water partition coefficient (Wildman–Crippen LogP) is 2.25. The molecule has 0 aromatic rings. The second kappa shape index (κ2) is 2.57. The normalized spacial score (nSPS) is 46.1. The van der Waals surface area contributed by atoms with Crippen molar-refractivity contribution >= 4 is 0 Å². The van der Waals surface area contributed by atoms with Crippen LogP contribution in [-0.4, -0.2) is 18.0 Å². The van der Waals surface area contributed by atoms with Gasteiger partial charge < -0.3 is 9.47 Å². The maximum atomic E-state index is 5.74. The Hall–Kier alpha value is -0.340. The van der Waals surface area contributed by atoms with Crippen molar-refractivity contribution in [1.82, 2.24) is 0 Å². The Balaban J connectivity index is 2.01. The van der Waals surface area contributed by atoms with Crippen molar-refractivity contribution in [3.63, 3.8) is 0 Å². The van der Waals surface area contributed by atoms with Gasteiger partial charge >= 0.3 is 0 Å². The lowest BCUT2D eigenvalue weighted by molar-refractivity contribution is -0.243. The topological polar surface area (TPSA) is 18.5 Å². The molecule has 2 aliphatic rings. The fourth-order valence-electron chi connectivity index (χ4n) is 1.95. The first kappa shape index (κ1) is 8.27. The second-order valence-electron chi connectivity index (χ2n) is 3.78. The van der Waals surface area contributed by atoms with Gasteiger partial charge in [0.25, 0.3) is 0 Å². The Morgan fingerprint density at radius 3 is 2.42 bits per heavy atom. The summed E-state index contributed by atoms with van der Waals surface area (Å²) in [6.45, 7) is 6.36. The van der Waals surface area contributed by atoms with Crippen molar-refractivity contribution in [1.29, 1.82) is 0 Å². The molecule has 1 aliphatic carbocycles. The third-order valence-corrected chi connectivity index (χ3v) is 2.53. The zero-order valence-electron chi connectivity index (χ0n) is 7.96. The summed E-state index contributed by atoms with van der Waals surface area (Å²) in [5, 5.41) is 0. The van der Waals surface area contributed by atoms with Crippen LogP contribution in [0.2, 0.25) is 0 Å². The van der Waals surface area contributed by atoms with Gasteiger partial charge in [0.2, 0.25) is 5.79 Å². The lowest BCUT2D eigenvalue weighted by atomic mass is 10.1. The first-order valence-corrected chi connectivity index (χ1v) is 4.74. The molecule has 1 spiro atoms. The van der Waals surface area contributed by atoms with E-state index in [0.717, 1.165) is 12.8 Å². The van der Waals surface area contributed by atoms with Gasteiger partial charge in [-0.05, 0) is 38.3 Å². The van der Waals surface area contributed by atoms with Gasteiger partial charge in [0, 0.05) is 0 Å². The fraction of sp³-hybridized carbons (Fsp3) is 0.800. The molecule has 2 rings (SSSR count). The molecule has 0 aromatic carbocycles. The average molecular weight is 168 g/mol. The van der Waals surface area contributed by atoms with Crippen molar-refractivity contribution in [2.45, 2.75) is 51.6 Å². The van der Waals surface area contributed by atoms with Gasteiger partial charge in [-0.1, -0.05) is 6.92 Å². The quantitative estimate of drug-likeness (QED) is 0.559. The summed E-state index contributed by atoms with van der Waals surface area (Å²) in [5.41, 5.74) is 1.31. The second-order valence-corrected chi connectivity index (χ2v) is 3.78. The van der Waals surface area contributed by atoms with Gasteiger partial charge in [0.1, 0.15) is 0 Å². The highest BCUT2D eigenvalue weighted by Crippen LogP contribution is 2.46. The number of hydrogen-bond donors (Lipinski definition) is 0. The van der Waals surface area contributed by atoms with Gasteiger partial charge in [-0.15, -0.1) is 0 Å². The summed E-state index contributed by atoms with van der Waals surface area (Å²) in [4.78, 5) is 0. The molecule has 0 radical (unpaired) electrons. The summed E-state index contributed by atoms with van der Waals surface area (Å²) >= 11 is 0. The van der Waals surface area contributed by atoms with Gasteiger partial charge in [0.15, 0.2) is 0 Å². The highest BCUT2D eigenvalue weighted by atomic mass is 16.7. The maximum Gasteiger partial charge on any atom is 0.212 e. The van der Waals surface area contributed by atoms with Crippen molar-refractivity contribution in [3.8, 4) is 0 Å². The summed E-state index contributed by atoms with van der Waals surface area (Å²) in [5.74, 6) is -0.369. The molecule has 1 fully saturated rings. The summed E-state index contributed by atoms with van der Waals surface area (Å²) < 4.78 is 11.5. The Labute approximate surface area is 73.5 Å². The Bertz CT molecular complexity index is 210. The van der Waals surface area contributed by atoms with Crippen molar-refractivity contribution < 1.29 is 9.47 Å². The molecule has 1 saturated heterocycles. The van der Waals surface area contributed by atoms with Gasteiger partial charge in [-0.3, -0.25) is 0 Å². The molecule has 0 bridgehead atoms. The molecule has 68 valence electrons. The summed E-state index contributed by atoms with van der Waals surface area (Å²) in [6.07, 6.45) is 4.80. The number of rotatable bonds is 1. The van der Waals surface area contributed by atoms with Crippen LogP contribution in [0.4, 0.5) is 0 Å². The summed E-state index contributed by atoms with van der Waals surface area (Å²) in [7, 11) is 0. The third kappa shape index (κ3) is 1.19. The van der Waals surface area contributed by atoms with E-state index >= 15 is 0 Å². The zero-order valence-corrected chi connectivity index (χ0v) is 7.96. The van der Waals surface area contributed by atoms with Gasteiger partial charge in [-0.25, -0.2) is 0 Å². The molecule has 0 unspecified atom stereocenters. The first-order valence-electron chi connectivity index (χ1n) is 4.74. The van der Waals surface area contributed by atoms with E-state index < -0.39 is 0 Å². The maximum absolute atomic E-state index is 5.74. The van der Waals surface area contributed by atoms with E-state index in [1.807, 2.05) is 0 Å². The molecule has 1 aliphatic heterocycles. The van der Waals surface area contributed by atoms with Gasteiger partial charge in [-0.2, -0.15) is 0 Å². The third-order valence-electron chi connectivity index (χ3n) is 2.53. The van der Waals surface area contributed by atoms with E-state index in [9.17, 15) is 0 Å². The minimum Gasteiger partial charge on any atom is -0.340 e. The molecular formula is C10H16O2. The molecule has 2 nitrogen and oxygen atoms in total. The summed E-state index contributed by atoms with van der Waals surface area (Å²) in [6, 6.07) is 0. The number of hydrogen-bond acceptors (Lipinski definition) is 2. The van der Waals surface area contributed by atoms with Crippen LogP contribution in [0.25, 0.3) is 0 Å². The van der Waals surface area contributed by atoms with Crippen LogP contribution in [0, 0.1) is 0 Å². The van der Waals surface area contributed by atoms with Crippen molar-refractivity contribution in [2.24, 2.45) is 0 Å². The molecule has 2 atom stereocenters. The fourth-order valence-corrected chi connectivity index (χ4v) is 1.95. The molecule has 12 heavy (non-hydrogen) atoms. The smallest absolute Gasteiger partial charge is 0.212 e. The molecule has 0 amide bonds. The van der Waals surface area contributed by atoms with Crippen LogP contribution in [0.3, 0.4) is 0 Å². The van der Waals surface area contributed by atoms with E-state index in [-0.39, 0.29) is 5.79 Å². The van der Waals surface area contributed by atoms with Crippen LogP contribution in [0.15, 0.2) is 11.6 Å². The van der Waals surface area contributed by atoms with Crippen LogP contribution >= 0.6 is 0 Å². The Morgan fingerprint density at radius 1 is 1.42 bits per heavy atom. The number of ether oxygens (including phenoxy) is 2. The van der Waals surface area contributed by atoms with Crippen LogP contribution in [0.1, 0.15) is 33.6 Å². The first-order chi connectivity index (χ1) is 5.66. The van der Waals surface area contributed by atoms with E-state index in [1.54, 1.807) is 0 Å². The molecule has 1 heterocycles. The molecule has 0 saturated carbocycles. The van der Waals surface area contributed by atoms with Crippen molar-refractivity contribution in [3.05, 3.63) is 11.6 Å². The van der Waals surface area contributed by atoms with E-state index in [4.69, 9.17) is 9.47 Å². The van der Waals surface area contributed by atoms with Crippen molar-refractivity contribution in [2.75, 3.05) is 0 Å². The lowest BCUT2D eigenvalue weighted by Gasteiger charge is -2.34. The SMILES string of the molecule is CCC1=CC12O[C@H](C)C[C@@H](C)O2. The average Bonchev–Trinajstić information content (AvgIpc) is 2.59. The lowest BCUT2D eigenvalue weighted by Crippen LogP contribution is -2.39. The molecular weight excluding hydrogens is 152 g/mol. The van der Waals surface area contributed by atoms with E-state index in [2.05, 4.69) is 26.8 Å². The largest absolute Gasteiger partial charge is 0.340 e. The van der Waals surface area contributed by atoms with E-state index in [1.165, 1.54) is 5.57 Å². The molecule has 0 N–H and O–H groups in total. The highest BCUT2D eigenvalue weighted by Gasteiger charge is 2.50. The zero-order chi connectivity index (χ0) is 8.77.